The molecule has 0 spiro atoms. The van der Waals surface area contributed by atoms with Crippen molar-refractivity contribution in [3.8, 4) is 5.75 Å². The molecule has 13 heavy (non-hydrogen) atoms. The average Bonchev–Trinajstić information content (AvgIpc) is 2.15. The van der Waals surface area contributed by atoms with E-state index in [0.717, 1.165) is 6.54 Å². The molecule has 0 aliphatic carbocycles. The summed E-state index contributed by atoms with van der Waals surface area (Å²) in [6.45, 7) is 3.27. The number of aromatic hydroxyl groups is 1. The van der Waals surface area contributed by atoms with E-state index >= 15 is 0 Å². The first-order valence-electron chi connectivity index (χ1n) is 5.01. The normalized spacial score (nSPS) is 10.2. The van der Waals surface area contributed by atoms with Gasteiger partial charge in [0.05, 0.1) is 0 Å². The summed E-state index contributed by atoms with van der Waals surface area (Å²) < 4.78 is 2.11. The van der Waals surface area contributed by atoms with Crippen LogP contribution in [0.2, 0.25) is 0 Å². The molecule has 0 saturated carbocycles. The Morgan fingerprint density at radius 2 is 1.85 bits per heavy atom. The van der Waals surface area contributed by atoms with Gasteiger partial charge in [0, 0.05) is 18.6 Å². The fourth-order valence-corrected chi connectivity index (χ4v) is 1.32. The molecule has 0 aliphatic heterocycles. The molecule has 72 valence electrons. The fourth-order valence-electron chi connectivity index (χ4n) is 1.32. The van der Waals surface area contributed by atoms with Crippen molar-refractivity contribution in [2.75, 3.05) is 0 Å². The van der Waals surface area contributed by atoms with Crippen LogP contribution >= 0.6 is 0 Å². The Morgan fingerprint density at radius 3 is 2.46 bits per heavy atom. The third-order valence-corrected chi connectivity index (χ3v) is 2.14. The van der Waals surface area contributed by atoms with Crippen LogP contribution in [-0.4, -0.2) is 5.11 Å². The number of pyridine rings is 1. The highest BCUT2D eigenvalue weighted by Gasteiger charge is 1.98. The second kappa shape index (κ2) is 5.57. The lowest BCUT2D eigenvalue weighted by Crippen LogP contribution is -2.32. The maximum atomic E-state index is 9.05. The maximum Gasteiger partial charge on any atom is 0.172 e. The molecule has 0 saturated heterocycles. The van der Waals surface area contributed by atoms with Crippen LogP contribution in [0.25, 0.3) is 0 Å². The standard InChI is InChI=1S/C11H17NO/c1-2-3-4-5-8-12-9-6-11(13)7-10-12/h6-7,9-10H,2-5,8H2,1H3/p+1. The van der Waals surface area contributed by atoms with Gasteiger partial charge < -0.3 is 5.11 Å². The molecule has 0 atom stereocenters. The molecule has 1 heterocycles. The Hall–Kier alpha value is -1.05. The average molecular weight is 180 g/mol. The minimum atomic E-state index is 0.338. The van der Waals surface area contributed by atoms with Gasteiger partial charge in [-0.3, -0.25) is 0 Å². The highest BCUT2D eigenvalue weighted by atomic mass is 16.3. The first-order valence-corrected chi connectivity index (χ1v) is 5.01. The van der Waals surface area contributed by atoms with E-state index in [1.807, 2.05) is 12.4 Å². The Kier molecular flexibility index (Phi) is 4.30. The second-order valence-corrected chi connectivity index (χ2v) is 3.35. The quantitative estimate of drug-likeness (QED) is 0.545. The molecule has 0 radical (unpaired) electrons. The van der Waals surface area contributed by atoms with Crippen molar-refractivity contribution in [1.82, 2.24) is 0 Å². The fraction of sp³-hybridized carbons (Fsp3) is 0.545. The van der Waals surface area contributed by atoms with E-state index < -0.39 is 0 Å². The first kappa shape index (κ1) is 10.0. The van der Waals surface area contributed by atoms with Crippen molar-refractivity contribution < 1.29 is 9.67 Å². The van der Waals surface area contributed by atoms with Crippen LogP contribution in [0, 0.1) is 0 Å². The largest absolute Gasteiger partial charge is 0.507 e. The van der Waals surface area contributed by atoms with Gasteiger partial charge in [-0.25, -0.2) is 4.57 Å². The summed E-state index contributed by atoms with van der Waals surface area (Å²) in [5.41, 5.74) is 0. The van der Waals surface area contributed by atoms with E-state index in [1.54, 1.807) is 12.1 Å². The zero-order valence-corrected chi connectivity index (χ0v) is 8.24. The van der Waals surface area contributed by atoms with E-state index in [4.69, 9.17) is 5.11 Å². The van der Waals surface area contributed by atoms with Crippen LogP contribution in [0.5, 0.6) is 5.75 Å². The van der Waals surface area contributed by atoms with E-state index in [2.05, 4.69) is 11.5 Å². The van der Waals surface area contributed by atoms with E-state index in [1.165, 1.54) is 25.7 Å². The third kappa shape index (κ3) is 3.92. The Balaban J connectivity index is 2.25. The molecule has 2 nitrogen and oxygen atoms in total. The van der Waals surface area contributed by atoms with Gasteiger partial charge in [-0.05, 0) is 6.42 Å². The molecule has 1 N–H and O–H groups in total. The number of aryl methyl sites for hydroxylation is 1. The van der Waals surface area contributed by atoms with Crippen LogP contribution in [0.3, 0.4) is 0 Å². The molecular weight excluding hydrogens is 162 g/mol. The van der Waals surface area contributed by atoms with E-state index in [9.17, 15) is 0 Å². The highest BCUT2D eigenvalue weighted by molar-refractivity contribution is 5.11. The second-order valence-electron chi connectivity index (χ2n) is 3.35. The molecule has 0 unspecified atom stereocenters. The van der Waals surface area contributed by atoms with Gasteiger partial charge in [0.1, 0.15) is 12.3 Å². The number of hydrogen-bond donors (Lipinski definition) is 1. The third-order valence-electron chi connectivity index (χ3n) is 2.14. The van der Waals surface area contributed by atoms with Crippen molar-refractivity contribution in [3.05, 3.63) is 24.5 Å². The summed E-state index contributed by atoms with van der Waals surface area (Å²) in [4.78, 5) is 0. The van der Waals surface area contributed by atoms with Crippen molar-refractivity contribution in [2.45, 2.75) is 39.2 Å². The smallest absolute Gasteiger partial charge is 0.172 e. The van der Waals surface area contributed by atoms with Crippen molar-refractivity contribution in [2.24, 2.45) is 0 Å². The van der Waals surface area contributed by atoms with Gasteiger partial charge in [-0.2, -0.15) is 0 Å². The maximum absolute atomic E-state index is 9.05. The SMILES string of the molecule is CCCCCC[n+]1ccc(O)cc1. The number of hydrogen-bond acceptors (Lipinski definition) is 1. The van der Waals surface area contributed by atoms with Crippen molar-refractivity contribution >= 4 is 0 Å². The van der Waals surface area contributed by atoms with Crippen LogP contribution in [0.15, 0.2) is 24.5 Å². The molecule has 1 aromatic rings. The van der Waals surface area contributed by atoms with E-state index in [-0.39, 0.29) is 0 Å². The molecule has 2 heteroatoms. The summed E-state index contributed by atoms with van der Waals surface area (Å²) in [5, 5.41) is 9.05. The van der Waals surface area contributed by atoms with Crippen LogP contribution in [0.1, 0.15) is 32.6 Å². The number of nitrogens with zero attached hydrogens (tertiary/aromatic N) is 1. The predicted molar refractivity (Wildman–Crippen MR) is 52.4 cm³/mol. The number of rotatable bonds is 5. The van der Waals surface area contributed by atoms with E-state index in [0.29, 0.717) is 5.75 Å². The monoisotopic (exact) mass is 180 g/mol. The zero-order valence-electron chi connectivity index (χ0n) is 8.24. The van der Waals surface area contributed by atoms with Crippen LogP contribution in [0.4, 0.5) is 0 Å². The lowest BCUT2D eigenvalue weighted by molar-refractivity contribution is -0.697. The summed E-state index contributed by atoms with van der Waals surface area (Å²) in [7, 11) is 0. The molecule has 1 rings (SSSR count). The van der Waals surface area contributed by atoms with Crippen LogP contribution < -0.4 is 4.57 Å². The highest BCUT2D eigenvalue weighted by Crippen LogP contribution is 2.02. The Bertz CT molecular complexity index is 230. The predicted octanol–water partition coefficient (Wildman–Crippen LogP) is 2.26. The summed E-state index contributed by atoms with van der Waals surface area (Å²) in [6, 6.07) is 3.44. The Labute approximate surface area is 79.8 Å². The van der Waals surface area contributed by atoms with Gasteiger partial charge in [-0.1, -0.05) is 19.8 Å². The lowest BCUT2D eigenvalue weighted by Gasteiger charge is -1.96. The molecule has 0 amide bonds. The minimum Gasteiger partial charge on any atom is -0.507 e. The van der Waals surface area contributed by atoms with Gasteiger partial charge in [-0.15, -0.1) is 0 Å². The zero-order chi connectivity index (χ0) is 9.52. The molecule has 1 aromatic heterocycles. The van der Waals surface area contributed by atoms with Crippen molar-refractivity contribution in [1.29, 1.82) is 0 Å². The van der Waals surface area contributed by atoms with Gasteiger partial charge in [0.2, 0.25) is 0 Å². The molecule has 0 aliphatic rings. The van der Waals surface area contributed by atoms with Gasteiger partial charge in [0.25, 0.3) is 0 Å². The van der Waals surface area contributed by atoms with Gasteiger partial charge in [0.15, 0.2) is 12.4 Å². The number of unbranched alkanes of at least 4 members (excludes halogenated alkanes) is 3. The van der Waals surface area contributed by atoms with Crippen molar-refractivity contribution in [3.63, 3.8) is 0 Å². The first-order chi connectivity index (χ1) is 6.33. The summed E-state index contributed by atoms with van der Waals surface area (Å²) >= 11 is 0. The molecule has 0 aromatic carbocycles. The molecule has 0 bridgehead atoms. The molecular formula is C11H18NO+. The summed E-state index contributed by atoms with van der Waals surface area (Å²) in [6.07, 6.45) is 8.95. The number of aromatic nitrogens is 1. The van der Waals surface area contributed by atoms with Crippen LogP contribution in [-0.2, 0) is 6.54 Å². The topological polar surface area (TPSA) is 24.1 Å². The van der Waals surface area contributed by atoms with Gasteiger partial charge >= 0.3 is 0 Å². The lowest BCUT2D eigenvalue weighted by atomic mass is 10.2. The summed E-state index contributed by atoms with van der Waals surface area (Å²) in [5.74, 6) is 0.338. The molecule has 0 fully saturated rings. The Morgan fingerprint density at radius 1 is 1.15 bits per heavy atom. The minimum absolute atomic E-state index is 0.338.